The summed E-state index contributed by atoms with van der Waals surface area (Å²) in [6, 6.07) is 8.69. The fourth-order valence-electron chi connectivity index (χ4n) is 2.66. The smallest absolute Gasteiger partial charge is 0.336 e. The molecule has 3 unspecified atom stereocenters. The molecule has 3 rings (SSSR count). The van der Waals surface area contributed by atoms with Crippen molar-refractivity contribution >= 4 is 22.7 Å². The zero-order chi connectivity index (χ0) is 16.4. The van der Waals surface area contributed by atoms with Crippen LogP contribution >= 0.6 is 0 Å². The van der Waals surface area contributed by atoms with Gasteiger partial charge in [-0.3, -0.25) is 13.9 Å². The second kappa shape index (κ2) is 6.54. The van der Waals surface area contributed by atoms with Crippen LogP contribution in [-0.2, 0) is 35.6 Å². The van der Waals surface area contributed by atoms with Crippen LogP contribution in [0.5, 0.6) is 0 Å². The molecule has 0 radical (unpaired) electrons. The first-order valence-electron chi connectivity index (χ1n) is 7.24. The lowest BCUT2D eigenvalue weighted by Crippen LogP contribution is -2.55. The van der Waals surface area contributed by atoms with Crippen molar-refractivity contribution in [2.75, 3.05) is 12.9 Å². The summed E-state index contributed by atoms with van der Waals surface area (Å²) in [5, 5.41) is 0. The number of benzene rings is 1. The molecule has 0 aromatic heterocycles. The van der Waals surface area contributed by atoms with Gasteiger partial charge >= 0.3 is 5.97 Å². The standard InChI is InChI=1S/C16H17NO5S/c1-21-16(19)15-12(22-14-9-13(18)17(14)15)7-8-23(20)10-11-5-3-2-4-6-11/h2-7,14-15H,8-10H2,1H3. The molecule has 23 heavy (non-hydrogen) atoms. The number of carbonyl (C=O) groups excluding carboxylic acids is 2. The lowest BCUT2D eigenvalue weighted by Gasteiger charge is -2.33. The maximum Gasteiger partial charge on any atom is 0.336 e. The highest BCUT2D eigenvalue weighted by Gasteiger charge is 2.54. The minimum absolute atomic E-state index is 0.140. The molecule has 2 saturated heterocycles. The summed E-state index contributed by atoms with van der Waals surface area (Å²) < 4.78 is 22.5. The number of ether oxygens (including phenoxy) is 2. The zero-order valence-electron chi connectivity index (χ0n) is 12.6. The van der Waals surface area contributed by atoms with Gasteiger partial charge in [0.15, 0.2) is 12.3 Å². The van der Waals surface area contributed by atoms with E-state index >= 15 is 0 Å². The van der Waals surface area contributed by atoms with Crippen molar-refractivity contribution in [3.05, 3.63) is 47.7 Å². The fraction of sp³-hybridized carbons (Fsp3) is 0.375. The Labute approximate surface area is 136 Å². The number of hydrogen-bond acceptors (Lipinski definition) is 5. The van der Waals surface area contributed by atoms with Gasteiger partial charge in [-0.15, -0.1) is 0 Å². The van der Waals surface area contributed by atoms with Gasteiger partial charge in [-0.05, 0) is 11.6 Å². The minimum Gasteiger partial charge on any atom is -0.472 e. The molecule has 2 fully saturated rings. The molecule has 1 aromatic carbocycles. The molecule has 2 aliphatic heterocycles. The van der Waals surface area contributed by atoms with Crippen LogP contribution in [-0.4, -0.2) is 46.1 Å². The van der Waals surface area contributed by atoms with E-state index in [2.05, 4.69) is 0 Å². The van der Waals surface area contributed by atoms with Crippen molar-refractivity contribution in [2.24, 2.45) is 0 Å². The second-order valence-corrected chi connectivity index (χ2v) is 6.85. The number of β-lactam (4-membered cyclic amide) rings is 1. The molecule has 2 aliphatic rings. The zero-order valence-corrected chi connectivity index (χ0v) is 13.5. The predicted molar refractivity (Wildman–Crippen MR) is 83.4 cm³/mol. The highest BCUT2D eigenvalue weighted by molar-refractivity contribution is 7.84. The lowest BCUT2D eigenvalue weighted by molar-refractivity contribution is -0.164. The van der Waals surface area contributed by atoms with Gasteiger partial charge in [-0.1, -0.05) is 30.3 Å². The van der Waals surface area contributed by atoms with Crippen LogP contribution in [0, 0.1) is 0 Å². The third kappa shape index (κ3) is 3.14. The van der Waals surface area contributed by atoms with Crippen LogP contribution in [0.4, 0.5) is 0 Å². The summed E-state index contributed by atoms with van der Waals surface area (Å²) in [5.74, 6) is 0.362. The Morgan fingerprint density at radius 3 is 2.83 bits per heavy atom. The van der Waals surface area contributed by atoms with Crippen molar-refractivity contribution in [3.63, 3.8) is 0 Å². The van der Waals surface area contributed by atoms with Gasteiger partial charge in [0.25, 0.3) is 0 Å². The molecule has 0 aliphatic carbocycles. The average Bonchev–Trinajstić information content (AvgIpc) is 2.85. The normalized spacial score (nSPS) is 25.5. The van der Waals surface area contributed by atoms with Crippen LogP contribution < -0.4 is 0 Å². The van der Waals surface area contributed by atoms with Crippen LogP contribution in [0.15, 0.2) is 42.2 Å². The van der Waals surface area contributed by atoms with E-state index in [-0.39, 0.29) is 18.1 Å². The highest BCUT2D eigenvalue weighted by atomic mass is 32.2. The van der Waals surface area contributed by atoms with Gasteiger partial charge in [0, 0.05) is 22.3 Å². The number of methoxy groups -OCH3 is 1. The molecule has 0 N–H and O–H groups in total. The van der Waals surface area contributed by atoms with Gasteiger partial charge < -0.3 is 9.47 Å². The first-order chi connectivity index (χ1) is 11.1. The lowest BCUT2D eigenvalue weighted by atomic mass is 10.1. The Bertz CT molecular complexity index is 672. The highest BCUT2D eigenvalue weighted by Crippen LogP contribution is 2.36. The van der Waals surface area contributed by atoms with E-state index in [0.29, 0.717) is 11.5 Å². The molecule has 0 bridgehead atoms. The Morgan fingerprint density at radius 1 is 1.43 bits per heavy atom. The van der Waals surface area contributed by atoms with Crippen molar-refractivity contribution in [2.45, 2.75) is 24.4 Å². The van der Waals surface area contributed by atoms with E-state index in [9.17, 15) is 13.8 Å². The van der Waals surface area contributed by atoms with E-state index in [4.69, 9.17) is 9.47 Å². The summed E-state index contributed by atoms with van der Waals surface area (Å²) in [6.07, 6.45) is 1.49. The molecular weight excluding hydrogens is 318 g/mol. The number of rotatable bonds is 5. The van der Waals surface area contributed by atoms with E-state index in [1.54, 1.807) is 6.08 Å². The van der Waals surface area contributed by atoms with E-state index < -0.39 is 29.0 Å². The van der Waals surface area contributed by atoms with E-state index in [1.807, 2.05) is 30.3 Å². The Balaban J connectivity index is 1.67. The van der Waals surface area contributed by atoms with Crippen molar-refractivity contribution in [1.29, 1.82) is 0 Å². The fourth-order valence-corrected chi connectivity index (χ4v) is 3.70. The number of esters is 1. The van der Waals surface area contributed by atoms with E-state index in [0.717, 1.165) is 5.56 Å². The number of hydrogen-bond donors (Lipinski definition) is 0. The second-order valence-electron chi connectivity index (χ2n) is 5.35. The van der Waals surface area contributed by atoms with Crippen LogP contribution in [0.3, 0.4) is 0 Å². The Hall–Kier alpha value is -2.15. The average molecular weight is 335 g/mol. The van der Waals surface area contributed by atoms with Crippen LogP contribution in [0.2, 0.25) is 0 Å². The third-order valence-electron chi connectivity index (χ3n) is 3.83. The molecule has 0 saturated carbocycles. The summed E-state index contributed by atoms with van der Waals surface area (Å²) in [6.45, 7) is 0. The van der Waals surface area contributed by atoms with Gasteiger partial charge in [0.1, 0.15) is 5.76 Å². The number of fused-ring (bicyclic) bond motifs is 1. The number of carbonyl (C=O) groups is 2. The maximum atomic E-state index is 12.2. The molecular formula is C16H17NO5S. The summed E-state index contributed by atoms with van der Waals surface area (Å²) in [5.41, 5.74) is 0.986. The molecule has 0 spiro atoms. The topological polar surface area (TPSA) is 72.9 Å². The minimum atomic E-state index is -1.12. The molecule has 122 valence electrons. The Morgan fingerprint density at radius 2 is 2.17 bits per heavy atom. The van der Waals surface area contributed by atoms with Crippen molar-refractivity contribution < 1.29 is 23.3 Å². The molecule has 6 nitrogen and oxygen atoms in total. The molecule has 7 heteroatoms. The summed E-state index contributed by atoms with van der Waals surface area (Å²) in [7, 11) is 0.149. The molecule has 2 heterocycles. The van der Waals surface area contributed by atoms with Gasteiger partial charge in [0.05, 0.1) is 13.5 Å². The monoisotopic (exact) mass is 335 g/mol. The molecule has 3 atom stereocenters. The maximum absolute atomic E-state index is 12.2. The largest absolute Gasteiger partial charge is 0.472 e. The Kier molecular flexibility index (Phi) is 4.47. The summed E-state index contributed by atoms with van der Waals surface area (Å²) in [4.78, 5) is 24.9. The molecule has 1 aromatic rings. The summed E-state index contributed by atoms with van der Waals surface area (Å²) >= 11 is 0. The quantitative estimate of drug-likeness (QED) is 0.592. The number of nitrogens with zero attached hydrogens (tertiary/aromatic N) is 1. The van der Waals surface area contributed by atoms with Crippen LogP contribution in [0.25, 0.3) is 0 Å². The third-order valence-corrected chi connectivity index (χ3v) is 5.03. The SMILES string of the molecule is COC(=O)C1C(=CCS(=O)Cc2ccccc2)OC2CC(=O)N21. The first kappa shape index (κ1) is 15.7. The van der Waals surface area contributed by atoms with E-state index in [1.165, 1.54) is 12.0 Å². The predicted octanol–water partition coefficient (Wildman–Crippen LogP) is 0.949. The molecule has 1 amide bonds. The van der Waals surface area contributed by atoms with Crippen molar-refractivity contribution in [1.82, 2.24) is 4.90 Å². The number of amides is 1. The van der Waals surface area contributed by atoms with Crippen LogP contribution in [0.1, 0.15) is 12.0 Å². The first-order valence-corrected chi connectivity index (χ1v) is 8.73. The van der Waals surface area contributed by atoms with Gasteiger partial charge in [-0.25, -0.2) is 4.79 Å². The van der Waals surface area contributed by atoms with Crippen molar-refractivity contribution in [3.8, 4) is 0 Å². The van der Waals surface area contributed by atoms with Gasteiger partial charge in [0.2, 0.25) is 5.91 Å². The van der Waals surface area contributed by atoms with Gasteiger partial charge in [-0.2, -0.15) is 0 Å².